The van der Waals surface area contributed by atoms with Gasteiger partial charge in [0.25, 0.3) is 11.8 Å². The van der Waals surface area contributed by atoms with Crippen LogP contribution in [0.25, 0.3) is 0 Å². The van der Waals surface area contributed by atoms with E-state index in [2.05, 4.69) is 15.2 Å². The molecule has 2 atom stereocenters. The number of nitrogens with zero attached hydrogens (tertiary/aromatic N) is 5. The number of halogens is 2. The SMILES string of the molecule is CN(C)C(=O)c1cc(CN2C[C@@H]3C[C@@H]2CN3C(=O)c2cccc(Cl)c2F)nc(Nc2nccs2)c1. The summed E-state index contributed by atoms with van der Waals surface area (Å²) in [6, 6.07) is 8.16. The molecule has 0 spiro atoms. The number of hydrogen-bond donors (Lipinski definition) is 1. The predicted molar refractivity (Wildman–Crippen MR) is 133 cm³/mol. The van der Waals surface area contributed by atoms with E-state index in [0.717, 1.165) is 12.1 Å². The number of fused-ring (bicyclic) bond motifs is 2. The Bertz CT molecular complexity index is 1270. The highest BCUT2D eigenvalue weighted by Gasteiger charge is 2.45. The third kappa shape index (κ3) is 4.73. The molecule has 182 valence electrons. The summed E-state index contributed by atoms with van der Waals surface area (Å²) in [6.45, 7) is 1.70. The smallest absolute Gasteiger partial charge is 0.257 e. The van der Waals surface area contributed by atoms with Crippen LogP contribution in [0.4, 0.5) is 15.3 Å². The second-order valence-corrected chi connectivity index (χ2v) is 10.2. The molecule has 0 aliphatic carbocycles. The Kier molecular flexibility index (Phi) is 6.43. The second-order valence-electron chi connectivity index (χ2n) is 8.93. The summed E-state index contributed by atoms with van der Waals surface area (Å²) in [7, 11) is 3.42. The summed E-state index contributed by atoms with van der Waals surface area (Å²) >= 11 is 7.32. The minimum absolute atomic E-state index is 0.00562. The molecule has 8 nitrogen and oxygen atoms in total. The number of thiazole rings is 1. The summed E-state index contributed by atoms with van der Waals surface area (Å²) < 4.78 is 14.4. The highest BCUT2D eigenvalue weighted by atomic mass is 35.5. The van der Waals surface area contributed by atoms with E-state index in [1.165, 1.54) is 28.4 Å². The van der Waals surface area contributed by atoms with E-state index >= 15 is 0 Å². The van der Waals surface area contributed by atoms with Gasteiger partial charge >= 0.3 is 0 Å². The zero-order valence-electron chi connectivity index (χ0n) is 19.2. The van der Waals surface area contributed by atoms with Gasteiger partial charge in [0, 0.05) is 63.0 Å². The van der Waals surface area contributed by atoms with Crippen LogP contribution in [0.5, 0.6) is 0 Å². The normalized spacial score (nSPS) is 19.3. The van der Waals surface area contributed by atoms with Gasteiger partial charge in [-0.3, -0.25) is 14.5 Å². The molecule has 11 heteroatoms. The highest BCUT2D eigenvalue weighted by Crippen LogP contribution is 2.34. The van der Waals surface area contributed by atoms with Crippen LogP contribution in [0, 0.1) is 5.82 Å². The Morgan fingerprint density at radius 2 is 2.09 bits per heavy atom. The van der Waals surface area contributed by atoms with Crippen LogP contribution in [0.3, 0.4) is 0 Å². The van der Waals surface area contributed by atoms with Crippen molar-refractivity contribution in [3.05, 3.63) is 69.6 Å². The van der Waals surface area contributed by atoms with Crippen LogP contribution in [0.2, 0.25) is 5.02 Å². The Hall–Kier alpha value is -3.08. The molecular formula is C24H24ClFN6O2S. The fourth-order valence-corrected chi connectivity index (χ4v) is 5.44. The Labute approximate surface area is 211 Å². The minimum atomic E-state index is -0.675. The fourth-order valence-electron chi connectivity index (χ4n) is 4.73. The number of likely N-dealkylation sites (tertiary alicyclic amines) is 2. The first kappa shape index (κ1) is 23.7. The van der Waals surface area contributed by atoms with E-state index < -0.39 is 5.82 Å². The molecular weight excluding hydrogens is 491 g/mol. The first-order chi connectivity index (χ1) is 16.8. The lowest BCUT2D eigenvalue weighted by molar-refractivity contribution is 0.0609. The molecule has 35 heavy (non-hydrogen) atoms. The summed E-state index contributed by atoms with van der Waals surface area (Å²) in [6.07, 6.45) is 2.51. The van der Waals surface area contributed by atoms with Crippen LogP contribution in [-0.4, -0.2) is 75.8 Å². The van der Waals surface area contributed by atoms with Crippen LogP contribution in [0.1, 0.15) is 32.8 Å². The lowest BCUT2D eigenvalue weighted by Gasteiger charge is -2.34. The Balaban J connectivity index is 1.32. The Morgan fingerprint density at radius 3 is 2.77 bits per heavy atom. The molecule has 0 radical (unpaired) electrons. The number of piperazine rings is 1. The van der Waals surface area contributed by atoms with E-state index in [-0.39, 0.29) is 34.5 Å². The average molecular weight is 515 g/mol. The zero-order valence-corrected chi connectivity index (χ0v) is 20.8. The summed E-state index contributed by atoms with van der Waals surface area (Å²) in [5.74, 6) is -0.561. The van der Waals surface area contributed by atoms with Crippen LogP contribution in [-0.2, 0) is 6.54 Å². The number of rotatable bonds is 6. The van der Waals surface area contributed by atoms with Crippen molar-refractivity contribution >= 4 is 45.7 Å². The number of hydrogen-bond acceptors (Lipinski definition) is 7. The molecule has 2 aliphatic rings. The summed E-state index contributed by atoms with van der Waals surface area (Å²) in [4.78, 5) is 40.2. The van der Waals surface area contributed by atoms with Gasteiger partial charge in [0.1, 0.15) is 5.82 Å². The number of anilines is 2. The van der Waals surface area contributed by atoms with Crippen molar-refractivity contribution in [2.24, 2.45) is 0 Å². The Morgan fingerprint density at radius 1 is 1.26 bits per heavy atom. The maximum atomic E-state index is 14.4. The molecule has 2 bridgehead atoms. The van der Waals surface area contributed by atoms with Crippen molar-refractivity contribution in [1.29, 1.82) is 0 Å². The number of pyridine rings is 1. The number of carbonyl (C=O) groups excluding carboxylic acids is 2. The third-order valence-electron chi connectivity index (χ3n) is 6.36. The van der Waals surface area contributed by atoms with Crippen LogP contribution < -0.4 is 5.32 Å². The van der Waals surface area contributed by atoms with Crippen LogP contribution in [0.15, 0.2) is 41.9 Å². The van der Waals surface area contributed by atoms with Gasteiger partial charge in [0.05, 0.1) is 16.3 Å². The van der Waals surface area contributed by atoms with Crippen molar-refractivity contribution in [3.63, 3.8) is 0 Å². The van der Waals surface area contributed by atoms with E-state index in [1.54, 1.807) is 37.3 Å². The van der Waals surface area contributed by atoms with E-state index in [1.807, 2.05) is 11.4 Å². The maximum Gasteiger partial charge on any atom is 0.257 e. The van der Waals surface area contributed by atoms with Crippen LogP contribution >= 0.6 is 22.9 Å². The standard InChI is InChI=1S/C24H24ClFN6O2S/c1-30(2)22(33)14-8-15(28-20(9-14)29-24-27-6-7-35-24)11-31-12-17-10-16(31)13-32(17)23(34)18-4-3-5-19(25)21(18)26/h3-9,16-17H,10-13H2,1-2H3,(H,27,28,29)/t16-,17+/m1/s1. The van der Waals surface area contributed by atoms with Gasteiger partial charge in [-0.2, -0.15) is 0 Å². The van der Waals surface area contributed by atoms with Crippen molar-refractivity contribution in [3.8, 4) is 0 Å². The molecule has 1 N–H and O–H groups in total. The number of aromatic nitrogens is 2. The highest BCUT2D eigenvalue weighted by molar-refractivity contribution is 7.13. The van der Waals surface area contributed by atoms with Gasteiger partial charge < -0.3 is 15.1 Å². The van der Waals surface area contributed by atoms with Gasteiger partial charge in [0.2, 0.25) is 0 Å². The predicted octanol–water partition coefficient (Wildman–Crippen LogP) is 3.87. The first-order valence-corrected chi connectivity index (χ1v) is 12.4. The molecule has 2 aromatic heterocycles. The molecule has 5 rings (SSSR count). The molecule has 4 heterocycles. The lowest BCUT2D eigenvalue weighted by Crippen LogP contribution is -2.48. The molecule has 2 fully saturated rings. The van der Waals surface area contributed by atoms with E-state index in [0.29, 0.717) is 36.1 Å². The van der Waals surface area contributed by atoms with Gasteiger partial charge in [-0.25, -0.2) is 14.4 Å². The third-order valence-corrected chi connectivity index (χ3v) is 7.34. The van der Waals surface area contributed by atoms with Crippen molar-refractivity contribution in [1.82, 2.24) is 24.7 Å². The molecule has 2 amide bonds. The molecule has 3 aromatic rings. The molecule has 2 aliphatic heterocycles. The van der Waals surface area contributed by atoms with Crippen molar-refractivity contribution < 1.29 is 14.0 Å². The minimum Gasteiger partial charge on any atom is -0.345 e. The molecule has 0 unspecified atom stereocenters. The number of benzene rings is 1. The number of nitrogens with one attached hydrogen (secondary N) is 1. The molecule has 2 saturated heterocycles. The maximum absolute atomic E-state index is 14.4. The van der Waals surface area contributed by atoms with Gasteiger partial charge in [-0.1, -0.05) is 17.7 Å². The van der Waals surface area contributed by atoms with Crippen molar-refractivity contribution in [2.45, 2.75) is 25.0 Å². The van der Waals surface area contributed by atoms with Gasteiger partial charge in [-0.15, -0.1) is 11.3 Å². The van der Waals surface area contributed by atoms with Gasteiger partial charge in [0.15, 0.2) is 10.9 Å². The zero-order chi connectivity index (χ0) is 24.7. The summed E-state index contributed by atoms with van der Waals surface area (Å²) in [5.41, 5.74) is 1.30. The van der Waals surface area contributed by atoms with E-state index in [9.17, 15) is 14.0 Å². The monoisotopic (exact) mass is 514 g/mol. The number of amides is 2. The summed E-state index contributed by atoms with van der Waals surface area (Å²) in [5, 5.41) is 5.68. The largest absolute Gasteiger partial charge is 0.345 e. The molecule has 1 aromatic carbocycles. The van der Waals surface area contributed by atoms with Gasteiger partial charge in [-0.05, 0) is 30.7 Å². The quantitative estimate of drug-likeness (QED) is 0.538. The second kappa shape index (κ2) is 9.52. The number of carbonyl (C=O) groups is 2. The van der Waals surface area contributed by atoms with Crippen molar-refractivity contribution in [2.75, 3.05) is 32.5 Å². The topological polar surface area (TPSA) is 81.7 Å². The first-order valence-electron chi connectivity index (χ1n) is 11.2. The fraction of sp³-hybridized carbons (Fsp3) is 0.333. The molecule has 0 saturated carbocycles. The lowest BCUT2D eigenvalue weighted by atomic mass is 10.1. The average Bonchev–Trinajstić information content (AvgIpc) is 3.57. The van der Waals surface area contributed by atoms with E-state index in [4.69, 9.17) is 16.6 Å².